The molecule has 0 aliphatic rings. The zero-order valence-corrected chi connectivity index (χ0v) is 19.7. The van der Waals surface area contributed by atoms with E-state index in [0.29, 0.717) is 6.61 Å². The molecule has 0 bridgehead atoms. The molecule has 29 heavy (non-hydrogen) atoms. The van der Waals surface area contributed by atoms with Crippen molar-refractivity contribution in [3.05, 3.63) is 0 Å². The van der Waals surface area contributed by atoms with Gasteiger partial charge in [0.25, 0.3) is 0 Å². The fraction of sp³-hybridized carbons (Fsp3) is 0.957. The largest absolute Gasteiger partial charge is 0.480 e. The van der Waals surface area contributed by atoms with Crippen molar-refractivity contribution in [2.45, 2.75) is 116 Å². The summed E-state index contributed by atoms with van der Waals surface area (Å²) in [4.78, 5) is 10.3. The monoisotopic (exact) mass is 437 g/mol. The molecule has 0 aromatic heterocycles. The Bertz CT molecular complexity index is 332. The molecule has 6 heteroatoms. The molecule has 0 aromatic carbocycles. The lowest BCUT2D eigenvalue weighted by molar-refractivity contribution is -0.136. The van der Waals surface area contributed by atoms with Crippen LogP contribution >= 0.6 is 12.4 Å². The number of unbranched alkanes of at least 4 members (excludes halogenated alkanes) is 15. The summed E-state index contributed by atoms with van der Waals surface area (Å²) in [6.07, 6.45) is 21.0. The Kier molecular flexibility index (Phi) is 27.3. The third-order valence-corrected chi connectivity index (χ3v) is 5.11. The second-order valence-electron chi connectivity index (χ2n) is 8.06. The van der Waals surface area contributed by atoms with E-state index in [-0.39, 0.29) is 32.1 Å². The summed E-state index contributed by atoms with van der Waals surface area (Å²) in [5.74, 6) is -0.915. The Morgan fingerprint density at radius 1 is 0.793 bits per heavy atom. The standard InChI is InChI=1S/C23H47NO4.ClH/c1-2-3-4-5-6-7-8-9-10-11-12-13-14-15-16-17-18-28-21-22(25)19-24-20-23(26)27;/h22,24-25H,2-21H2,1H3,(H,26,27);1H. The Labute approximate surface area is 185 Å². The van der Waals surface area contributed by atoms with E-state index in [1.54, 1.807) is 0 Å². The molecule has 0 aromatic rings. The van der Waals surface area contributed by atoms with Crippen LogP contribution in [0.15, 0.2) is 0 Å². The molecule has 0 fully saturated rings. The van der Waals surface area contributed by atoms with E-state index < -0.39 is 12.1 Å². The first-order chi connectivity index (χ1) is 13.7. The summed E-state index contributed by atoms with van der Waals surface area (Å²) in [6.45, 7) is 3.34. The maximum Gasteiger partial charge on any atom is 0.317 e. The molecule has 0 spiro atoms. The van der Waals surface area contributed by atoms with Crippen LogP contribution in [0.3, 0.4) is 0 Å². The molecule has 0 heterocycles. The molecular formula is C23H48ClNO4. The molecule has 0 amide bonds. The molecule has 3 N–H and O–H groups in total. The number of ether oxygens (including phenoxy) is 1. The average molecular weight is 438 g/mol. The number of halogens is 1. The Morgan fingerprint density at radius 2 is 1.21 bits per heavy atom. The van der Waals surface area contributed by atoms with Crippen LogP contribution in [-0.4, -0.2) is 48.6 Å². The molecule has 1 unspecified atom stereocenters. The third-order valence-electron chi connectivity index (χ3n) is 5.11. The SMILES string of the molecule is CCCCCCCCCCCCCCCCCCOCC(O)CNCC(=O)O.Cl. The minimum absolute atomic E-state index is 0. The highest BCUT2D eigenvalue weighted by molar-refractivity contribution is 5.85. The number of aliphatic hydroxyl groups excluding tert-OH is 1. The molecule has 0 radical (unpaired) electrons. The van der Waals surface area contributed by atoms with Crippen LogP contribution in [0.4, 0.5) is 0 Å². The molecule has 176 valence electrons. The van der Waals surface area contributed by atoms with Crippen LogP contribution in [-0.2, 0) is 9.53 Å². The number of carboxylic acid groups (broad SMARTS) is 1. The number of carbonyl (C=O) groups is 1. The minimum Gasteiger partial charge on any atom is -0.480 e. The van der Waals surface area contributed by atoms with E-state index in [1.807, 2.05) is 0 Å². The van der Waals surface area contributed by atoms with Gasteiger partial charge in [0.05, 0.1) is 19.3 Å². The summed E-state index contributed by atoms with van der Waals surface area (Å²) < 4.78 is 5.43. The van der Waals surface area contributed by atoms with Gasteiger partial charge in [0.1, 0.15) is 0 Å². The number of nitrogens with one attached hydrogen (secondary N) is 1. The van der Waals surface area contributed by atoms with Crippen molar-refractivity contribution in [3.8, 4) is 0 Å². The molecule has 0 saturated carbocycles. The van der Waals surface area contributed by atoms with E-state index in [4.69, 9.17) is 9.84 Å². The topological polar surface area (TPSA) is 78.8 Å². The van der Waals surface area contributed by atoms with E-state index >= 15 is 0 Å². The van der Waals surface area contributed by atoms with Crippen LogP contribution in [0.1, 0.15) is 110 Å². The summed E-state index contributed by atoms with van der Waals surface area (Å²) in [5.41, 5.74) is 0. The van der Waals surface area contributed by atoms with Crippen LogP contribution in [0, 0.1) is 0 Å². The fourth-order valence-corrected chi connectivity index (χ4v) is 3.38. The first-order valence-electron chi connectivity index (χ1n) is 11.8. The van der Waals surface area contributed by atoms with Gasteiger partial charge in [0.15, 0.2) is 0 Å². The zero-order chi connectivity index (χ0) is 20.7. The quantitative estimate of drug-likeness (QED) is 0.178. The smallest absolute Gasteiger partial charge is 0.317 e. The van der Waals surface area contributed by atoms with E-state index in [1.165, 1.54) is 96.3 Å². The molecule has 1 atom stereocenters. The van der Waals surface area contributed by atoms with Crippen LogP contribution in [0.25, 0.3) is 0 Å². The number of hydrogen-bond acceptors (Lipinski definition) is 4. The summed E-state index contributed by atoms with van der Waals surface area (Å²) in [5, 5.41) is 20.8. The lowest BCUT2D eigenvalue weighted by Gasteiger charge is -2.11. The molecule has 0 aliphatic carbocycles. The lowest BCUT2D eigenvalue weighted by atomic mass is 10.0. The molecule has 0 saturated heterocycles. The third kappa shape index (κ3) is 27.6. The Hall–Kier alpha value is -0.360. The van der Waals surface area contributed by atoms with Crippen molar-refractivity contribution >= 4 is 18.4 Å². The fourth-order valence-electron chi connectivity index (χ4n) is 3.38. The second kappa shape index (κ2) is 25.7. The van der Waals surface area contributed by atoms with Crippen LogP contribution < -0.4 is 5.32 Å². The lowest BCUT2D eigenvalue weighted by Crippen LogP contribution is -2.33. The minimum atomic E-state index is -0.915. The zero-order valence-electron chi connectivity index (χ0n) is 18.8. The highest BCUT2D eigenvalue weighted by atomic mass is 35.5. The van der Waals surface area contributed by atoms with Crippen molar-refractivity contribution in [1.82, 2.24) is 5.32 Å². The predicted molar refractivity (Wildman–Crippen MR) is 124 cm³/mol. The normalized spacial score (nSPS) is 11.9. The number of aliphatic hydroxyl groups is 1. The van der Waals surface area contributed by atoms with Gasteiger partial charge < -0.3 is 20.3 Å². The predicted octanol–water partition coefficient (Wildman–Crippen LogP) is 5.72. The number of rotatable bonds is 23. The summed E-state index contributed by atoms with van der Waals surface area (Å²) in [7, 11) is 0. The van der Waals surface area contributed by atoms with Gasteiger partial charge in [-0.1, -0.05) is 103 Å². The number of hydrogen-bond donors (Lipinski definition) is 3. The van der Waals surface area contributed by atoms with Gasteiger partial charge in [-0.25, -0.2) is 0 Å². The molecular weight excluding hydrogens is 390 g/mol. The molecule has 0 rings (SSSR count). The molecule has 5 nitrogen and oxygen atoms in total. The van der Waals surface area contributed by atoms with Gasteiger partial charge in [-0.05, 0) is 6.42 Å². The summed E-state index contributed by atoms with van der Waals surface area (Å²) >= 11 is 0. The maximum absolute atomic E-state index is 10.3. The van der Waals surface area contributed by atoms with Crippen molar-refractivity contribution in [3.63, 3.8) is 0 Å². The van der Waals surface area contributed by atoms with Gasteiger partial charge in [0.2, 0.25) is 0 Å². The highest BCUT2D eigenvalue weighted by Crippen LogP contribution is 2.13. The van der Waals surface area contributed by atoms with Crippen molar-refractivity contribution in [1.29, 1.82) is 0 Å². The van der Waals surface area contributed by atoms with Gasteiger partial charge >= 0.3 is 5.97 Å². The first-order valence-corrected chi connectivity index (χ1v) is 11.8. The van der Waals surface area contributed by atoms with Crippen LogP contribution in [0.5, 0.6) is 0 Å². The van der Waals surface area contributed by atoms with Gasteiger partial charge in [0, 0.05) is 13.2 Å². The van der Waals surface area contributed by atoms with Crippen LogP contribution in [0.2, 0.25) is 0 Å². The van der Waals surface area contributed by atoms with E-state index in [2.05, 4.69) is 12.2 Å². The number of aliphatic carboxylic acids is 1. The Morgan fingerprint density at radius 3 is 1.62 bits per heavy atom. The number of carboxylic acids is 1. The van der Waals surface area contributed by atoms with E-state index in [9.17, 15) is 9.90 Å². The van der Waals surface area contributed by atoms with E-state index in [0.717, 1.165) is 6.42 Å². The average Bonchev–Trinajstić information content (AvgIpc) is 2.66. The van der Waals surface area contributed by atoms with Gasteiger partial charge in [-0.15, -0.1) is 12.4 Å². The maximum atomic E-state index is 10.3. The van der Waals surface area contributed by atoms with Crippen molar-refractivity contribution in [2.24, 2.45) is 0 Å². The van der Waals surface area contributed by atoms with Gasteiger partial charge in [-0.2, -0.15) is 0 Å². The van der Waals surface area contributed by atoms with Crippen molar-refractivity contribution < 1.29 is 19.7 Å². The first kappa shape index (κ1) is 30.8. The highest BCUT2D eigenvalue weighted by Gasteiger charge is 2.04. The Balaban J connectivity index is 0. The van der Waals surface area contributed by atoms with Gasteiger partial charge in [-0.3, -0.25) is 4.79 Å². The molecule has 0 aliphatic heterocycles. The second-order valence-corrected chi connectivity index (χ2v) is 8.06. The van der Waals surface area contributed by atoms with Crippen molar-refractivity contribution in [2.75, 3.05) is 26.3 Å². The summed E-state index contributed by atoms with van der Waals surface area (Å²) in [6, 6.07) is 0.